The van der Waals surface area contributed by atoms with Crippen LogP contribution >= 0.6 is 0 Å². The van der Waals surface area contributed by atoms with Gasteiger partial charge in [0, 0.05) is 12.4 Å². The van der Waals surface area contributed by atoms with Gasteiger partial charge in [-0.1, -0.05) is 0 Å². The number of pyridine rings is 2. The number of fused-ring (bicyclic) bond motifs is 1. The van der Waals surface area contributed by atoms with Crippen LogP contribution in [0.25, 0.3) is 11.0 Å². The van der Waals surface area contributed by atoms with E-state index in [1.807, 2.05) is 0 Å². The summed E-state index contributed by atoms with van der Waals surface area (Å²) in [6.45, 7) is 1.71. The third-order valence-electron chi connectivity index (χ3n) is 2.03. The molecule has 0 fully saturated rings. The average Bonchev–Trinajstić information content (AvgIpc) is 2.17. The lowest BCUT2D eigenvalue weighted by Gasteiger charge is -2.03. The zero-order valence-corrected chi connectivity index (χ0v) is 7.56. The number of aromatic carboxylic acids is 1. The molecule has 0 aromatic carbocycles. The van der Waals surface area contributed by atoms with Gasteiger partial charge in [-0.25, -0.2) is 4.79 Å². The van der Waals surface area contributed by atoms with Gasteiger partial charge in [0.05, 0.1) is 11.1 Å². The smallest absolute Gasteiger partial charge is 0.338 e. The maximum atomic E-state index is 11.0. The molecule has 0 aliphatic rings. The Balaban J connectivity index is 2.90. The Bertz CT molecular complexity index is 508. The van der Waals surface area contributed by atoms with E-state index in [4.69, 9.17) is 5.11 Å². The fourth-order valence-electron chi connectivity index (χ4n) is 1.38. The largest absolute Gasteiger partial charge is 0.478 e. The Labute approximate surface area is 80.2 Å². The second-order valence-corrected chi connectivity index (χ2v) is 2.99. The van der Waals surface area contributed by atoms with E-state index in [-0.39, 0.29) is 5.56 Å². The molecule has 70 valence electrons. The summed E-state index contributed by atoms with van der Waals surface area (Å²) >= 11 is 0. The van der Waals surface area contributed by atoms with E-state index in [1.165, 1.54) is 0 Å². The topological polar surface area (TPSA) is 63.1 Å². The van der Waals surface area contributed by atoms with Gasteiger partial charge in [-0.3, -0.25) is 9.97 Å². The Hall–Kier alpha value is -1.97. The number of carboxylic acids is 1. The van der Waals surface area contributed by atoms with Crippen LogP contribution in [0, 0.1) is 6.92 Å². The van der Waals surface area contributed by atoms with Crippen molar-refractivity contribution >= 4 is 17.0 Å². The average molecular weight is 188 g/mol. The number of hydrogen-bond donors (Lipinski definition) is 1. The predicted molar refractivity (Wildman–Crippen MR) is 51.2 cm³/mol. The van der Waals surface area contributed by atoms with Crippen LogP contribution in [0.5, 0.6) is 0 Å². The highest BCUT2D eigenvalue weighted by molar-refractivity contribution is 6.01. The van der Waals surface area contributed by atoms with Gasteiger partial charge >= 0.3 is 5.97 Å². The van der Waals surface area contributed by atoms with Gasteiger partial charge in [-0.2, -0.15) is 0 Å². The summed E-state index contributed by atoms with van der Waals surface area (Å²) in [5, 5.41) is 9.00. The van der Waals surface area contributed by atoms with Crippen LogP contribution in [0.2, 0.25) is 0 Å². The molecule has 0 radical (unpaired) electrons. The third-order valence-corrected chi connectivity index (χ3v) is 2.03. The maximum Gasteiger partial charge on any atom is 0.338 e. The second kappa shape index (κ2) is 3.06. The third kappa shape index (κ3) is 1.21. The van der Waals surface area contributed by atoms with Crippen molar-refractivity contribution < 1.29 is 9.90 Å². The molecule has 0 saturated heterocycles. The number of rotatable bonds is 1. The molecular weight excluding hydrogens is 180 g/mol. The Kier molecular flexibility index (Phi) is 1.89. The lowest BCUT2D eigenvalue weighted by Crippen LogP contribution is -2.03. The molecule has 0 amide bonds. The number of carbonyl (C=O) groups is 1. The van der Waals surface area contributed by atoms with Crippen LogP contribution in [0.1, 0.15) is 15.9 Å². The normalized spacial score (nSPS) is 10.4. The van der Waals surface area contributed by atoms with E-state index >= 15 is 0 Å². The summed E-state index contributed by atoms with van der Waals surface area (Å²) < 4.78 is 0. The van der Waals surface area contributed by atoms with Crippen LogP contribution < -0.4 is 0 Å². The van der Waals surface area contributed by atoms with Crippen molar-refractivity contribution in [2.24, 2.45) is 0 Å². The van der Waals surface area contributed by atoms with Crippen molar-refractivity contribution in [3.8, 4) is 0 Å². The van der Waals surface area contributed by atoms with Gasteiger partial charge in [0.25, 0.3) is 0 Å². The summed E-state index contributed by atoms with van der Waals surface area (Å²) in [6, 6.07) is 3.48. The highest BCUT2D eigenvalue weighted by Crippen LogP contribution is 2.17. The molecule has 4 nitrogen and oxygen atoms in total. The molecule has 0 aliphatic carbocycles. The molecule has 2 aromatic heterocycles. The fraction of sp³-hybridized carbons (Fsp3) is 0.100. The highest BCUT2D eigenvalue weighted by Gasteiger charge is 2.12. The highest BCUT2D eigenvalue weighted by atomic mass is 16.4. The van der Waals surface area contributed by atoms with Crippen LogP contribution in [-0.4, -0.2) is 21.0 Å². The molecule has 0 atom stereocenters. The number of aryl methyl sites for hydroxylation is 1. The van der Waals surface area contributed by atoms with E-state index in [0.717, 1.165) is 0 Å². The number of aromatic nitrogens is 2. The van der Waals surface area contributed by atoms with E-state index < -0.39 is 5.97 Å². The molecular formula is C10H8N2O2. The molecule has 2 heterocycles. The van der Waals surface area contributed by atoms with Crippen molar-refractivity contribution in [2.45, 2.75) is 6.92 Å². The molecule has 2 aromatic rings. The molecule has 4 heteroatoms. The second-order valence-electron chi connectivity index (χ2n) is 2.99. The fourth-order valence-corrected chi connectivity index (χ4v) is 1.38. The molecule has 2 rings (SSSR count). The first-order chi connectivity index (χ1) is 6.70. The minimum absolute atomic E-state index is 0.232. The first kappa shape index (κ1) is 8.62. The molecule has 0 spiro atoms. The quantitative estimate of drug-likeness (QED) is 0.738. The van der Waals surface area contributed by atoms with E-state index in [1.54, 1.807) is 31.5 Å². The van der Waals surface area contributed by atoms with E-state index in [2.05, 4.69) is 9.97 Å². The summed E-state index contributed by atoms with van der Waals surface area (Å²) in [5.74, 6) is -0.964. The van der Waals surface area contributed by atoms with Gasteiger partial charge in [0.1, 0.15) is 5.52 Å². The van der Waals surface area contributed by atoms with Crippen molar-refractivity contribution in [2.75, 3.05) is 0 Å². The van der Waals surface area contributed by atoms with Gasteiger partial charge in [0.15, 0.2) is 0 Å². The van der Waals surface area contributed by atoms with E-state index in [9.17, 15) is 4.79 Å². The predicted octanol–water partition coefficient (Wildman–Crippen LogP) is 1.64. The van der Waals surface area contributed by atoms with Gasteiger partial charge < -0.3 is 5.11 Å². The Morgan fingerprint density at radius 3 is 2.93 bits per heavy atom. The van der Waals surface area contributed by atoms with Crippen LogP contribution in [-0.2, 0) is 0 Å². The minimum atomic E-state index is -0.964. The first-order valence-corrected chi connectivity index (χ1v) is 4.14. The molecule has 0 saturated carbocycles. The summed E-state index contributed by atoms with van der Waals surface area (Å²) in [6.07, 6.45) is 3.11. The van der Waals surface area contributed by atoms with Gasteiger partial charge in [0.2, 0.25) is 0 Å². The van der Waals surface area contributed by atoms with Crippen molar-refractivity contribution in [3.63, 3.8) is 0 Å². The Morgan fingerprint density at radius 2 is 2.21 bits per heavy atom. The minimum Gasteiger partial charge on any atom is -0.478 e. The lowest BCUT2D eigenvalue weighted by atomic mass is 10.1. The molecule has 0 bridgehead atoms. The molecule has 0 aliphatic heterocycles. The first-order valence-electron chi connectivity index (χ1n) is 4.14. The van der Waals surface area contributed by atoms with E-state index in [0.29, 0.717) is 16.6 Å². The standard InChI is InChI=1S/C10H8N2O2/c1-6-5-12-7-3-2-4-11-9(7)8(6)10(13)14/h2-5H,1H3,(H,13,14). The monoisotopic (exact) mass is 188 g/mol. The number of nitrogens with zero attached hydrogens (tertiary/aromatic N) is 2. The van der Waals surface area contributed by atoms with Crippen molar-refractivity contribution in [1.29, 1.82) is 0 Å². The molecule has 0 unspecified atom stereocenters. The summed E-state index contributed by atoms with van der Waals surface area (Å²) in [4.78, 5) is 19.1. The van der Waals surface area contributed by atoms with Crippen LogP contribution in [0.15, 0.2) is 24.5 Å². The SMILES string of the molecule is Cc1cnc2cccnc2c1C(=O)O. The molecule has 14 heavy (non-hydrogen) atoms. The van der Waals surface area contributed by atoms with Crippen LogP contribution in [0.4, 0.5) is 0 Å². The van der Waals surface area contributed by atoms with Gasteiger partial charge in [-0.15, -0.1) is 0 Å². The zero-order valence-electron chi connectivity index (χ0n) is 7.56. The number of hydrogen-bond acceptors (Lipinski definition) is 3. The zero-order chi connectivity index (χ0) is 10.1. The number of carboxylic acid groups (broad SMARTS) is 1. The van der Waals surface area contributed by atoms with Crippen molar-refractivity contribution in [1.82, 2.24) is 9.97 Å². The Morgan fingerprint density at radius 1 is 1.43 bits per heavy atom. The molecule has 1 N–H and O–H groups in total. The van der Waals surface area contributed by atoms with Crippen molar-refractivity contribution in [3.05, 3.63) is 35.7 Å². The summed E-state index contributed by atoms with van der Waals surface area (Å²) in [5.41, 5.74) is 1.91. The maximum absolute atomic E-state index is 11.0. The summed E-state index contributed by atoms with van der Waals surface area (Å²) in [7, 11) is 0. The van der Waals surface area contributed by atoms with Gasteiger partial charge in [-0.05, 0) is 24.6 Å². The lowest BCUT2D eigenvalue weighted by molar-refractivity contribution is 0.0698. The van der Waals surface area contributed by atoms with Crippen LogP contribution in [0.3, 0.4) is 0 Å².